The summed E-state index contributed by atoms with van der Waals surface area (Å²) in [6.07, 6.45) is 0. The lowest BCUT2D eigenvalue weighted by Gasteiger charge is -1.91. The van der Waals surface area contributed by atoms with Gasteiger partial charge in [-0.2, -0.15) is 5.10 Å². The van der Waals surface area contributed by atoms with Crippen molar-refractivity contribution in [3.05, 3.63) is 28.9 Å². The van der Waals surface area contributed by atoms with Gasteiger partial charge < -0.3 is 0 Å². The molecular formula is C9H7ClN2O. The summed E-state index contributed by atoms with van der Waals surface area (Å²) in [4.78, 5) is 11.1. The highest BCUT2D eigenvalue weighted by atomic mass is 35.5. The van der Waals surface area contributed by atoms with Crippen LogP contribution in [0.4, 0.5) is 0 Å². The van der Waals surface area contributed by atoms with Gasteiger partial charge in [-0.25, -0.2) is 0 Å². The monoisotopic (exact) mass is 194 g/mol. The molecule has 0 spiro atoms. The number of aromatic amines is 1. The number of nitrogens with zero attached hydrogens (tertiary/aromatic N) is 1. The van der Waals surface area contributed by atoms with E-state index >= 15 is 0 Å². The zero-order valence-electron chi connectivity index (χ0n) is 6.97. The lowest BCUT2D eigenvalue weighted by molar-refractivity contribution is 0.101. The Hall–Kier alpha value is -1.35. The highest BCUT2D eigenvalue weighted by Crippen LogP contribution is 2.20. The number of ketones is 1. The second-order valence-electron chi connectivity index (χ2n) is 2.82. The van der Waals surface area contributed by atoms with Gasteiger partial charge in [0.2, 0.25) is 0 Å². The maximum atomic E-state index is 11.1. The Morgan fingerprint density at radius 2 is 2.31 bits per heavy atom. The van der Waals surface area contributed by atoms with Gasteiger partial charge in [0.1, 0.15) is 5.69 Å². The fourth-order valence-corrected chi connectivity index (χ4v) is 1.43. The first-order valence-electron chi connectivity index (χ1n) is 3.83. The van der Waals surface area contributed by atoms with Crippen molar-refractivity contribution in [1.29, 1.82) is 0 Å². The van der Waals surface area contributed by atoms with Gasteiger partial charge in [-0.05, 0) is 18.2 Å². The number of Topliss-reactive ketones (excluding diaryl/α,β-unsaturated/α-hetero) is 1. The van der Waals surface area contributed by atoms with E-state index in [1.807, 2.05) is 0 Å². The molecule has 66 valence electrons. The Morgan fingerprint density at radius 1 is 1.54 bits per heavy atom. The van der Waals surface area contributed by atoms with Crippen molar-refractivity contribution in [2.75, 3.05) is 0 Å². The molecule has 0 bridgehead atoms. The Balaban J connectivity index is 2.79. The predicted molar refractivity (Wildman–Crippen MR) is 51.1 cm³/mol. The molecule has 1 aromatic carbocycles. The highest BCUT2D eigenvalue weighted by molar-refractivity contribution is 6.31. The number of fused-ring (bicyclic) bond motifs is 1. The molecule has 0 aliphatic heterocycles. The fourth-order valence-electron chi connectivity index (χ4n) is 1.25. The minimum Gasteiger partial charge on any atom is -0.293 e. The van der Waals surface area contributed by atoms with Crippen LogP contribution in [0.25, 0.3) is 10.9 Å². The normalized spacial score (nSPS) is 10.6. The Kier molecular flexibility index (Phi) is 1.81. The van der Waals surface area contributed by atoms with E-state index in [9.17, 15) is 4.79 Å². The van der Waals surface area contributed by atoms with Gasteiger partial charge in [-0.1, -0.05) is 11.6 Å². The molecule has 0 aliphatic rings. The van der Waals surface area contributed by atoms with Gasteiger partial charge in [-0.3, -0.25) is 9.89 Å². The second-order valence-corrected chi connectivity index (χ2v) is 3.25. The van der Waals surface area contributed by atoms with Gasteiger partial charge in [0.15, 0.2) is 5.78 Å². The summed E-state index contributed by atoms with van der Waals surface area (Å²) in [5.41, 5.74) is 1.27. The third-order valence-corrected chi connectivity index (χ3v) is 2.09. The maximum Gasteiger partial charge on any atom is 0.180 e. The Morgan fingerprint density at radius 3 is 3.00 bits per heavy atom. The smallest absolute Gasteiger partial charge is 0.180 e. The minimum absolute atomic E-state index is 0.0616. The number of nitrogens with one attached hydrogen (secondary N) is 1. The molecule has 0 atom stereocenters. The molecule has 0 radical (unpaired) electrons. The molecule has 0 unspecified atom stereocenters. The molecule has 1 heterocycles. The second kappa shape index (κ2) is 2.85. The van der Waals surface area contributed by atoms with Crippen LogP contribution in [0.2, 0.25) is 5.02 Å². The number of hydrogen-bond donors (Lipinski definition) is 1. The Labute approximate surface area is 79.7 Å². The standard InChI is InChI=1S/C9H7ClN2O/c1-5(13)9-7-4-6(10)2-3-8(7)11-12-9/h2-4H,1H3,(H,11,12). The fraction of sp³-hybridized carbons (Fsp3) is 0.111. The molecule has 13 heavy (non-hydrogen) atoms. The zero-order chi connectivity index (χ0) is 9.42. The number of halogens is 1. The van der Waals surface area contributed by atoms with Crippen molar-refractivity contribution in [3.63, 3.8) is 0 Å². The van der Waals surface area contributed by atoms with E-state index in [1.165, 1.54) is 6.92 Å². The Bertz CT molecular complexity index is 475. The summed E-state index contributed by atoms with van der Waals surface area (Å²) in [5.74, 6) is -0.0616. The van der Waals surface area contributed by atoms with Gasteiger partial charge in [0.25, 0.3) is 0 Å². The van der Waals surface area contributed by atoms with Crippen LogP contribution in [-0.4, -0.2) is 16.0 Å². The van der Waals surface area contributed by atoms with E-state index in [0.29, 0.717) is 10.7 Å². The van der Waals surface area contributed by atoms with Gasteiger partial charge in [0, 0.05) is 17.3 Å². The SMILES string of the molecule is CC(=O)c1n[nH]c2ccc(Cl)cc12. The number of carbonyl (C=O) groups excluding carboxylic acids is 1. The quantitative estimate of drug-likeness (QED) is 0.709. The van der Waals surface area contributed by atoms with Crippen molar-refractivity contribution in [1.82, 2.24) is 10.2 Å². The van der Waals surface area contributed by atoms with Crippen molar-refractivity contribution in [2.24, 2.45) is 0 Å². The van der Waals surface area contributed by atoms with Crippen LogP contribution in [0, 0.1) is 0 Å². The molecule has 0 fully saturated rings. The van der Waals surface area contributed by atoms with Crippen LogP contribution < -0.4 is 0 Å². The molecule has 1 aromatic heterocycles. The first-order chi connectivity index (χ1) is 6.18. The van der Waals surface area contributed by atoms with Crippen LogP contribution in [0.3, 0.4) is 0 Å². The van der Waals surface area contributed by atoms with E-state index in [1.54, 1.807) is 18.2 Å². The van der Waals surface area contributed by atoms with E-state index in [4.69, 9.17) is 11.6 Å². The van der Waals surface area contributed by atoms with Crippen LogP contribution in [0.1, 0.15) is 17.4 Å². The minimum atomic E-state index is -0.0616. The average molecular weight is 195 g/mol. The van der Waals surface area contributed by atoms with Crippen molar-refractivity contribution < 1.29 is 4.79 Å². The van der Waals surface area contributed by atoms with E-state index < -0.39 is 0 Å². The van der Waals surface area contributed by atoms with E-state index in [-0.39, 0.29) is 5.78 Å². The average Bonchev–Trinajstić information content (AvgIpc) is 2.46. The zero-order valence-corrected chi connectivity index (χ0v) is 7.72. The van der Waals surface area contributed by atoms with E-state index in [0.717, 1.165) is 10.9 Å². The molecule has 0 aliphatic carbocycles. The number of aromatic nitrogens is 2. The lowest BCUT2D eigenvalue weighted by Crippen LogP contribution is -1.92. The summed E-state index contributed by atoms with van der Waals surface area (Å²) in [6, 6.07) is 5.29. The molecule has 0 saturated heterocycles. The number of hydrogen-bond acceptors (Lipinski definition) is 2. The van der Waals surface area contributed by atoms with Gasteiger partial charge in [0.05, 0.1) is 5.52 Å². The van der Waals surface area contributed by atoms with Gasteiger partial charge >= 0.3 is 0 Å². The van der Waals surface area contributed by atoms with Gasteiger partial charge in [-0.15, -0.1) is 0 Å². The molecule has 1 N–H and O–H groups in total. The first-order valence-corrected chi connectivity index (χ1v) is 4.21. The number of benzene rings is 1. The topological polar surface area (TPSA) is 45.8 Å². The predicted octanol–water partition coefficient (Wildman–Crippen LogP) is 2.42. The van der Waals surface area contributed by atoms with Crippen LogP contribution in [-0.2, 0) is 0 Å². The van der Waals surface area contributed by atoms with Crippen molar-refractivity contribution in [2.45, 2.75) is 6.92 Å². The third kappa shape index (κ3) is 1.31. The largest absolute Gasteiger partial charge is 0.293 e. The van der Waals surface area contributed by atoms with Crippen LogP contribution in [0.15, 0.2) is 18.2 Å². The summed E-state index contributed by atoms with van der Waals surface area (Å²) >= 11 is 5.80. The van der Waals surface area contributed by atoms with Crippen LogP contribution >= 0.6 is 11.6 Å². The summed E-state index contributed by atoms with van der Waals surface area (Å²) in [6.45, 7) is 1.48. The summed E-state index contributed by atoms with van der Waals surface area (Å²) < 4.78 is 0. The maximum absolute atomic E-state index is 11.1. The molecule has 2 rings (SSSR count). The third-order valence-electron chi connectivity index (χ3n) is 1.86. The number of rotatable bonds is 1. The molecule has 2 aromatic rings. The van der Waals surface area contributed by atoms with Crippen LogP contribution in [0.5, 0.6) is 0 Å². The summed E-state index contributed by atoms with van der Waals surface area (Å²) in [7, 11) is 0. The van der Waals surface area contributed by atoms with E-state index in [2.05, 4.69) is 10.2 Å². The molecule has 4 heteroatoms. The lowest BCUT2D eigenvalue weighted by atomic mass is 10.2. The highest BCUT2D eigenvalue weighted by Gasteiger charge is 2.09. The molecule has 0 amide bonds. The summed E-state index contributed by atoms with van der Waals surface area (Å²) in [5, 5.41) is 8.06. The number of carbonyl (C=O) groups is 1. The first kappa shape index (κ1) is 8.26. The number of H-pyrrole nitrogens is 1. The molecule has 0 saturated carbocycles. The van der Waals surface area contributed by atoms with Crippen molar-refractivity contribution in [3.8, 4) is 0 Å². The molecule has 3 nitrogen and oxygen atoms in total. The molecular weight excluding hydrogens is 188 g/mol. The van der Waals surface area contributed by atoms with Crippen molar-refractivity contribution >= 4 is 28.3 Å².